The molecule has 17 heavy (non-hydrogen) atoms. The normalized spacial score (nSPS) is 46.8. The van der Waals surface area contributed by atoms with Crippen LogP contribution in [0.4, 0.5) is 0 Å². The number of esters is 1. The molecule has 0 spiro atoms. The Morgan fingerprint density at radius 1 is 1.41 bits per heavy atom. The van der Waals surface area contributed by atoms with E-state index in [1.54, 1.807) is 6.92 Å². The van der Waals surface area contributed by atoms with E-state index in [1.807, 2.05) is 0 Å². The Balaban J connectivity index is 2.13. The Labute approximate surface area is 98.4 Å². The van der Waals surface area contributed by atoms with Gasteiger partial charge in [0.1, 0.15) is 5.41 Å². The molecule has 3 fully saturated rings. The predicted octanol–water partition coefficient (Wildman–Crippen LogP) is 0.255. The molecule has 0 aromatic rings. The highest BCUT2D eigenvalue weighted by molar-refractivity contribution is 6.40. The Bertz CT molecular complexity index is 442. The Morgan fingerprint density at radius 2 is 2.12 bits per heavy atom. The first kappa shape index (κ1) is 10.9. The van der Waals surface area contributed by atoms with Crippen LogP contribution < -0.4 is 0 Å². The van der Waals surface area contributed by atoms with Gasteiger partial charge >= 0.3 is 5.97 Å². The van der Waals surface area contributed by atoms with Crippen molar-refractivity contribution in [1.82, 2.24) is 0 Å². The van der Waals surface area contributed by atoms with E-state index in [9.17, 15) is 14.4 Å². The standard InChI is InChI=1S/C12H14O5/c1-6(13)9(14)12-4-3-8(17-12)7-5-16-10(15)11(7,12)2/h7-8H,3-5H2,1-2H3/t7-,8+,11-,12+/m0/s1. The lowest BCUT2D eigenvalue weighted by atomic mass is 9.60. The lowest BCUT2D eigenvalue weighted by Gasteiger charge is -2.36. The van der Waals surface area contributed by atoms with Crippen LogP contribution in [0.3, 0.4) is 0 Å². The molecule has 0 aromatic carbocycles. The number of ketones is 2. The number of rotatable bonds is 2. The molecular weight excluding hydrogens is 224 g/mol. The van der Waals surface area contributed by atoms with E-state index in [0.717, 1.165) is 6.42 Å². The summed E-state index contributed by atoms with van der Waals surface area (Å²) in [6.07, 6.45) is 1.03. The summed E-state index contributed by atoms with van der Waals surface area (Å²) < 4.78 is 10.8. The number of ether oxygens (including phenoxy) is 2. The third-order valence-corrected chi connectivity index (χ3v) is 4.67. The molecule has 0 saturated carbocycles. The topological polar surface area (TPSA) is 69.7 Å². The molecule has 0 N–H and O–H groups in total. The second-order valence-corrected chi connectivity index (χ2v) is 5.31. The largest absolute Gasteiger partial charge is 0.465 e. The summed E-state index contributed by atoms with van der Waals surface area (Å²) >= 11 is 0. The zero-order valence-corrected chi connectivity index (χ0v) is 9.82. The van der Waals surface area contributed by atoms with Crippen molar-refractivity contribution >= 4 is 17.5 Å². The molecule has 0 amide bonds. The molecule has 0 aromatic heterocycles. The Kier molecular flexibility index (Phi) is 1.90. The maximum absolute atomic E-state index is 12.1. The minimum atomic E-state index is -1.26. The molecule has 5 nitrogen and oxygen atoms in total. The van der Waals surface area contributed by atoms with Gasteiger partial charge in [-0.05, 0) is 19.8 Å². The van der Waals surface area contributed by atoms with E-state index in [-0.39, 0.29) is 12.0 Å². The number of hydrogen-bond donors (Lipinski definition) is 0. The van der Waals surface area contributed by atoms with Crippen LogP contribution >= 0.6 is 0 Å². The van der Waals surface area contributed by atoms with Crippen molar-refractivity contribution < 1.29 is 23.9 Å². The summed E-state index contributed by atoms with van der Waals surface area (Å²) in [4.78, 5) is 35.4. The molecule has 2 bridgehead atoms. The van der Waals surface area contributed by atoms with Crippen molar-refractivity contribution in [1.29, 1.82) is 0 Å². The van der Waals surface area contributed by atoms with Gasteiger partial charge in [0.05, 0.1) is 12.7 Å². The van der Waals surface area contributed by atoms with E-state index >= 15 is 0 Å². The SMILES string of the molecule is CC(=O)C(=O)[C@@]12CC[C@@H](O1)[C@@H]1COC(=O)[C@]12C. The van der Waals surface area contributed by atoms with Crippen LogP contribution in [0.15, 0.2) is 0 Å². The molecular formula is C12H14O5. The molecule has 4 atom stereocenters. The van der Waals surface area contributed by atoms with Gasteiger partial charge in [-0.3, -0.25) is 14.4 Å². The van der Waals surface area contributed by atoms with Crippen LogP contribution in [-0.4, -0.2) is 35.8 Å². The van der Waals surface area contributed by atoms with Crippen LogP contribution in [0.25, 0.3) is 0 Å². The number of Topliss-reactive ketones (excluding diaryl/α,β-unsaturated/α-hetero) is 2. The Hall–Kier alpha value is -1.23. The third-order valence-electron chi connectivity index (χ3n) is 4.67. The number of fused-ring (bicyclic) bond motifs is 5. The average molecular weight is 238 g/mol. The zero-order valence-electron chi connectivity index (χ0n) is 9.82. The van der Waals surface area contributed by atoms with Gasteiger partial charge in [-0.2, -0.15) is 0 Å². The fraction of sp³-hybridized carbons (Fsp3) is 0.750. The summed E-state index contributed by atoms with van der Waals surface area (Å²) in [5.41, 5.74) is -2.24. The highest BCUT2D eigenvalue weighted by Gasteiger charge is 2.76. The molecule has 3 saturated heterocycles. The molecule has 92 valence electrons. The summed E-state index contributed by atoms with van der Waals surface area (Å²) in [6, 6.07) is 0. The summed E-state index contributed by atoms with van der Waals surface area (Å²) in [7, 11) is 0. The molecule has 0 unspecified atom stereocenters. The fourth-order valence-electron chi connectivity index (χ4n) is 3.65. The number of hydrogen-bond acceptors (Lipinski definition) is 5. The summed E-state index contributed by atoms with van der Waals surface area (Å²) in [6.45, 7) is 3.23. The molecule has 3 rings (SSSR count). The van der Waals surface area contributed by atoms with E-state index in [0.29, 0.717) is 13.0 Å². The minimum Gasteiger partial charge on any atom is -0.465 e. The van der Waals surface area contributed by atoms with E-state index in [2.05, 4.69) is 0 Å². The van der Waals surface area contributed by atoms with Gasteiger partial charge in [0.25, 0.3) is 0 Å². The van der Waals surface area contributed by atoms with Crippen LogP contribution in [0.5, 0.6) is 0 Å². The van der Waals surface area contributed by atoms with Crippen molar-refractivity contribution in [3.63, 3.8) is 0 Å². The molecule has 5 heteroatoms. The fourth-order valence-corrected chi connectivity index (χ4v) is 3.65. The monoisotopic (exact) mass is 238 g/mol. The predicted molar refractivity (Wildman–Crippen MR) is 55.1 cm³/mol. The Morgan fingerprint density at radius 3 is 2.76 bits per heavy atom. The van der Waals surface area contributed by atoms with Crippen molar-refractivity contribution in [3.8, 4) is 0 Å². The first-order valence-electron chi connectivity index (χ1n) is 5.84. The second-order valence-electron chi connectivity index (χ2n) is 5.31. The van der Waals surface area contributed by atoms with Crippen LogP contribution in [0.1, 0.15) is 26.7 Å². The van der Waals surface area contributed by atoms with E-state index < -0.39 is 28.6 Å². The zero-order chi connectivity index (χ0) is 12.4. The minimum absolute atomic E-state index is 0.0907. The van der Waals surface area contributed by atoms with Crippen molar-refractivity contribution in [2.24, 2.45) is 11.3 Å². The quantitative estimate of drug-likeness (QED) is 0.509. The number of cyclic esters (lactones) is 1. The smallest absolute Gasteiger partial charge is 0.315 e. The van der Waals surface area contributed by atoms with Crippen LogP contribution in [0, 0.1) is 11.3 Å². The van der Waals surface area contributed by atoms with Crippen molar-refractivity contribution in [2.75, 3.05) is 6.61 Å². The van der Waals surface area contributed by atoms with Crippen molar-refractivity contribution in [2.45, 2.75) is 38.4 Å². The van der Waals surface area contributed by atoms with E-state index in [4.69, 9.17) is 9.47 Å². The van der Waals surface area contributed by atoms with E-state index in [1.165, 1.54) is 6.92 Å². The highest BCUT2D eigenvalue weighted by atomic mass is 16.6. The molecule has 3 aliphatic rings. The first-order chi connectivity index (χ1) is 7.93. The lowest BCUT2D eigenvalue weighted by Crippen LogP contribution is -2.56. The highest BCUT2D eigenvalue weighted by Crippen LogP contribution is 2.62. The van der Waals surface area contributed by atoms with Gasteiger partial charge in [0, 0.05) is 12.8 Å². The average Bonchev–Trinajstić information content (AvgIpc) is 2.89. The van der Waals surface area contributed by atoms with Crippen LogP contribution in [-0.2, 0) is 23.9 Å². The molecule has 0 radical (unpaired) electrons. The van der Waals surface area contributed by atoms with Crippen molar-refractivity contribution in [3.05, 3.63) is 0 Å². The number of carbonyl (C=O) groups excluding carboxylic acids is 3. The number of carbonyl (C=O) groups is 3. The van der Waals surface area contributed by atoms with Gasteiger partial charge in [-0.25, -0.2) is 0 Å². The summed E-state index contributed by atoms with van der Waals surface area (Å²) in [5, 5.41) is 0. The van der Waals surface area contributed by atoms with Gasteiger partial charge in [0.15, 0.2) is 11.4 Å². The molecule has 0 aliphatic carbocycles. The lowest BCUT2D eigenvalue weighted by molar-refractivity contribution is -0.166. The van der Waals surface area contributed by atoms with Gasteiger partial charge in [-0.15, -0.1) is 0 Å². The maximum atomic E-state index is 12.1. The summed E-state index contributed by atoms with van der Waals surface area (Å²) in [5.74, 6) is -1.62. The van der Waals surface area contributed by atoms with Crippen LogP contribution in [0.2, 0.25) is 0 Å². The van der Waals surface area contributed by atoms with Gasteiger partial charge in [0.2, 0.25) is 5.78 Å². The molecule has 3 aliphatic heterocycles. The first-order valence-corrected chi connectivity index (χ1v) is 5.84. The second kappa shape index (κ2) is 2.96. The van der Waals surface area contributed by atoms with Gasteiger partial charge in [-0.1, -0.05) is 0 Å². The van der Waals surface area contributed by atoms with Gasteiger partial charge < -0.3 is 9.47 Å². The maximum Gasteiger partial charge on any atom is 0.315 e. The molecule has 3 heterocycles. The third kappa shape index (κ3) is 0.972.